The van der Waals surface area contributed by atoms with E-state index in [-0.39, 0.29) is 59.4 Å². The van der Waals surface area contributed by atoms with E-state index in [1.807, 2.05) is 0 Å². The van der Waals surface area contributed by atoms with Crippen molar-refractivity contribution in [2.75, 3.05) is 6.26 Å². The van der Waals surface area contributed by atoms with Gasteiger partial charge in [0.2, 0.25) is 0 Å². The van der Waals surface area contributed by atoms with Crippen molar-refractivity contribution in [2.24, 2.45) is 0 Å². The highest BCUT2D eigenvalue weighted by molar-refractivity contribution is 8.93. The van der Waals surface area contributed by atoms with Crippen LogP contribution in [0.2, 0.25) is 0 Å². The highest BCUT2D eigenvalue weighted by atomic mass is 79.9. The van der Waals surface area contributed by atoms with Gasteiger partial charge in [0.25, 0.3) is 0 Å². The molecule has 0 saturated heterocycles. The van der Waals surface area contributed by atoms with Gasteiger partial charge < -0.3 is 0 Å². The summed E-state index contributed by atoms with van der Waals surface area (Å²) in [7, 11) is 0. The second kappa shape index (κ2) is 68.3. The number of halogens is 3. The molecule has 0 rings (SSSR count). The zero-order valence-corrected chi connectivity index (χ0v) is 8.71. The summed E-state index contributed by atoms with van der Waals surface area (Å²) in [5, 5.41) is 0. The summed E-state index contributed by atoms with van der Waals surface area (Å²) >= 11 is 3.53. The average molecular weight is 305 g/mol. The van der Waals surface area contributed by atoms with Crippen LogP contribution >= 0.6 is 63.6 Å². The average Bonchev–Trinajstić information content (AvgIpc) is 1.00. The molecule has 0 heterocycles. The molecule has 0 aromatic carbocycles. The Kier molecular flexibility index (Phi) is 515. The first kappa shape index (κ1) is 45.3. The van der Waals surface area contributed by atoms with E-state index in [0.29, 0.717) is 0 Å². The predicted molar refractivity (Wildman–Crippen MR) is 55.8 cm³/mol. The van der Waals surface area contributed by atoms with Crippen molar-refractivity contribution < 1.29 is 0 Å². The van der Waals surface area contributed by atoms with Gasteiger partial charge in [0.05, 0.1) is 8.41 Å². The summed E-state index contributed by atoms with van der Waals surface area (Å²) in [6, 6.07) is 0. The molecule has 0 aromatic rings. The van der Waals surface area contributed by atoms with Crippen LogP contribution in [0.15, 0.2) is 0 Å². The third kappa shape index (κ3) is 40.1. The maximum absolute atomic E-state index is 3.53. The van der Waals surface area contributed by atoms with Crippen LogP contribution in [0.25, 0.3) is 0 Å². The highest BCUT2D eigenvalue weighted by Gasteiger charge is 0.901. The Morgan fingerprint density at radius 2 is 0.833 bits per heavy atom. The van der Waals surface area contributed by atoms with E-state index in [0.717, 1.165) is 0 Å². The molecule has 0 spiro atoms. The molecule has 0 saturated carbocycles. The summed E-state index contributed by atoms with van der Waals surface area (Å²) < 4.78 is 0. The summed E-state index contributed by atoms with van der Waals surface area (Å²) in [4.78, 5) is 0. The molecule has 5 heteroatoms. The van der Waals surface area contributed by atoms with Gasteiger partial charge in [0, 0.05) is 0 Å². The lowest BCUT2D eigenvalue weighted by Gasteiger charge is -1.11. The van der Waals surface area contributed by atoms with Crippen molar-refractivity contribution in [1.29, 1.82) is 0 Å². The SMILES string of the molecule is B.Br.Br.Br.CS. The summed E-state index contributed by atoms with van der Waals surface area (Å²) in [6.45, 7) is 0. The standard InChI is InChI=1S/CH4S.BH3.3BrH/c1-2;;;;/h2H,1H3;1H3;3*1H. The second-order valence-corrected chi connectivity index (χ2v) is 0. The minimum absolute atomic E-state index is 0. The van der Waals surface area contributed by atoms with E-state index < -0.39 is 0 Å². The molecule has 0 atom stereocenters. The van der Waals surface area contributed by atoms with Crippen LogP contribution in [0.3, 0.4) is 0 Å². The van der Waals surface area contributed by atoms with Gasteiger partial charge >= 0.3 is 0 Å². The zero-order chi connectivity index (χ0) is 2.00. The lowest BCUT2D eigenvalue weighted by atomic mass is 10.8. The monoisotopic (exact) mass is 302 g/mol. The van der Waals surface area contributed by atoms with E-state index in [4.69, 9.17) is 0 Å². The number of thiol groups is 1. The summed E-state index contributed by atoms with van der Waals surface area (Å²) in [5.74, 6) is 0. The minimum Gasteiger partial charge on any atom is -0.183 e. The Labute approximate surface area is 77.8 Å². The first-order chi connectivity index (χ1) is 1.00. The van der Waals surface area contributed by atoms with Crippen LogP contribution in [-0.4, -0.2) is 14.7 Å². The van der Waals surface area contributed by atoms with Gasteiger partial charge in [-0.2, -0.15) is 12.6 Å². The molecule has 0 fully saturated rings. The van der Waals surface area contributed by atoms with E-state index in [9.17, 15) is 0 Å². The van der Waals surface area contributed by atoms with Gasteiger partial charge in [-0.25, -0.2) is 0 Å². The molecule has 0 radical (unpaired) electrons. The molecular formula is CH10BBr3S. The number of hydrogen-bond donors (Lipinski definition) is 1. The van der Waals surface area contributed by atoms with Gasteiger partial charge in [0.1, 0.15) is 0 Å². The van der Waals surface area contributed by atoms with Crippen LogP contribution in [0.4, 0.5) is 0 Å². The predicted octanol–water partition coefficient (Wildman–Crippen LogP) is 1.10. The van der Waals surface area contributed by atoms with Crippen LogP contribution in [0.1, 0.15) is 0 Å². The fraction of sp³-hybridized carbons (Fsp3) is 1.00. The van der Waals surface area contributed by atoms with Gasteiger partial charge in [-0.15, -0.1) is 50.9 Å². The maximum Gasteiger partial charge on any atom is 0.0814 e. The fourth-order valence-corrected chi connectivity index (χ4v) is 0. The van der Waals surface area contributed by atoms with Crippen molar-refractivity contribution in [3.05, 3.63) is 0 Å². The molecule has 6 heavy (non-hydrogen) atoms. The summed E-state index contributed by atoms with van der Waals surface area (Å²) in [5.41, 5.74) is 0. The van der Waals surface area contributed by atoms with E-state index >= 15 is 0 Å². The van der Waals surface area contributed by atoms with Gasteiger partial charge in [0.15, 0.2) is 0 Å². The normalized spacial score (nSPS) is 1.00. The quantitative estimate of drug-likeness (QED) is 0.503. The maximum atomic E-state index is 3.53. The summed E-state index contributed by atoms with van der Waals surface area (Å²) in [6.07, 6.45) is 1.69. The lowest BCUT2D eigenvalue weighted by Crippen LogP contribution is -0.865. The van der Waals surface area contributed by atoms with Crippen LogP contribution in [0, 0.1) is 0 Å². The lowest BCUT2D eigenvalue weighted by molar-refractivity contribution is 2.55. The number of rotatable bonds is 0. The topological polar surface area (TPSA) is 0 Å². The number of hydrogen-bond acceptors (Lipinski definition) is 1. The molecule has 44 valence electrons. The van der Waals surface area contributed by atoms with E-state index in [2.05, 4.69) is 12.6 Å². The second-order valence-electron chi connectivity index (χ2n) is 0. The van der Waals surface area contributed by atoms with E-state index in [1.54, 1.807) is 6.26 Å². The third-order valence-electron chi connectivity index (χ3n) is 0. The van der Waals surface area contributed by atoms with Crippen LogP contribution < -0.4 is 0 Å². The van der Waals surface area contributed by atoms with Crippen molar-refractivity contribution in [3.63, 3.8) is 0 Å². The van der Waals surface area contributed by atoms with Gasteiger partial charge in [-0.3, -0.25) is 0 Å². The van der Waals surface area contributed by atoms with Crippen LogP contribution in [0.5, 0.6) is 0 Å². The molecule has 0 aliphatic rings. The molecule has 0 bridgehead atoms. The Morgan fingerprint density at radius 1 is 0.833 bits per heavy atom. The molecule has 0 unspecified atom stereocenters. The molecule has 0 amide bonds. The van der Waals surface area contributed by atoms with E-state index in [1.165, 1.54) is 0 Å². The Bertz CT molecular complexity index is 10.8. The van der Waals surface area contributed by atoms with Crippen molar-refractivity contribution >= 4 is 72.0 Å². The molecule has 0 N–H and O–H groups in total. The Balaban J connectivity index is -0.000000000833. The largest absolute Gasteiger partial charge is 0.183 e. The minimum atomic E-state index is 0. The molecule has 0 aromatic heterocycles. The molecule has 0 aliphatic carbocycles. The molecule has 0 nitrogen and oxygen atoms in total. The van der Waals surface area contributed by atoms with Crippen molar-refractivity contribution in [3.8, 4) is 0 Å². The Hall–Kier alpha value is 1.85. The highest BCUT2D eigenvalue weighted by Crippen LogP contribution is 1.31. The van der Waals surface area contributed by atoms with Crippen molar-refractivity contribution in [2.45, 2.75) is 0 Å². The molecular weight excluding hydrogens is 295 g/mol. The first-order valence-electron chi connectivity index (χ1n) is 0.447. The third-order valence-corrected chi connectivity index (χ3v) is 0. The molecule has 0 aliphatic heterocycles. The fourth-order valence-electron chi connectivity index (χ4n) is 0. The van der Waals surface area contributed by atoms with Gasteiger partial charge in [-0.05, 0) is 6.26 Å². The Morgan fingerprint density at radius 3 is 0.833 bits per heavy atom. The van der Waals surface area contributed by atoms with Gasteiger partial charge in [-0.1, -0.05) is 0 Å². The smallest absolute Gasteiger partial charge is 0.0814 e. The first-order valence-corrected chi connectivity index (χ1v) is 1.34. The van der Waals surface area contributed by atoms with Crippen LogP contribution in [-0.2, 0) is 0 Å². The van der Waals surface area contributed by atoms with Crippen molar-refractivity contribution in [1.82, 2.24) is 0 Å². The zero-order valence-electron chi connectivity index (χ0n) is 2.67.